The number of hydrogen-bond acceptors (Lipinski definition) is 2. The van der Waals surface area contributed by atoms with Gasteiger partial charge >= 0.3 is 0 Å². The lowest BCUT2D eigenvalue weighted by Crippen LogP contribution is -2.37. The number of piperidine rings is 1. The Morgan fingerprint density at radius 2 is 2.22 bits per heavy atom. The topological polar surface area (TPSA) is 15.3 Å². The van der Waals surface area contributed by atoms with E-state index in [1.54, 1.807) is 0 Å². The zero-order chi connectivity index (χ0) is 13.0. The molecule has 0 aliphatic carbocycles. The molecule has 4 heteroatoms. The van der Waals surface area contributed by atoms with Crippen molar-refractivity contribution in [3.05, 3.63) is 33.8 Å². The van der Waals surface area contributed by atoms with Gasteiger partial charge in [-0.2, -0.15) is 0 Å². The van der Waals surface area contributed by atoms with Gasteiger partial charge in [0.25, 0.3) is 0 Å². The third kappa shape index (κ3) is 4.13. The van der Waals surface area contributed by atoms with Crippen molar-refractivity contribution in [2.75, 3.05) is 26.7 Å². The van der Waals surface area contributed by atoms with Crippen molar-refractivity contribution in [3.8, 4) is 0 Å². The van der Waals surface area contributed by atoms with Gasteiger partial charge < -0.3 is 10.2 Å². The summed E-state index contributed by atoms with van der Waals surface area (Å²) in [5.74, 6) is 0.752. The Morgan fingerprint density at radius 3 is 3.00 bits per heavy atom. The molecule has 1 unspecified atom stereocenters. The Hall–Kier alpha value is -0.280. The molecule has 0 amide bonds. The van der Waals surface area contributed by atoms with Crippen molar-refractivity contribution >= 4 is 23.2 Å². The summed E-state index contributed by atoms with van der Waals surface area (Å²) < 4.78 is 0. The molecule has 1 heterocycles. The minimum atomic E-state index is 0.744. The van der Waals surface area contributed by atoms with Crippen molar-refractivity contribution in [1.29, 1.82) is 0 Å². The van der Waals surface area contributed by atoms with E-state index in [2.05, 4.69) is 17.3 Å². The maximum Gasteiger partial charge on any atom is 0.0451 e. The van der Waals surface area contributed by atoms with E-state index in [1.165, 1.54) is 25.9 Å². The zero-order valence-electron chi connectivity index (χ0n) is 10.8. The zero-order valence-corrected chi connectivity index (χ0v) is 12.3. The van der Waals surface area contributed by atoms with Gasteiger partial charge in [0, 0.05) is 23.1 Å². The SMILES string of the molecule is CN1CCCC(CNCc2cc(Cl)ccc2Cl)C1. The van der Waals surface area contributed by atoms with E-state index in [0.29, 0.717) is 0 Å². The van der Waals surface area contributed by atoms with E-state index in [0.717, 1.165) is 34.6 Å². The summed E-state index contributed by atoms with van der Waals surface area (Å²) in [6.07, 6.45) is 2.63. The molecule has 1 aliphatic heterocycles. The van der Waals surface area contributed by atoms with Gasteiger partial charge in [-0.1, -0.05) is 23.2 Å². The second kappa shape index (κ2) is 6.76. The molecule has 1 aliphatic rings. The van der Waals surface area contributed by atoms with Crippen LogP contribution in [0.4, 0.5) is 0 Å². The molecule has 0 radical (unpaired) electrons. The first-order valence-corrected chi connectivity index (χ1v) is 7.24. The van der Waals surface area contributed by atoms with Crippen LogP contribution in [0.1, 0.15) is 18.4 Å². The van der Waals surface area contributed by atoms with Crippen LogP contribution in [0.3, 0.4) is 0 Å². The van der Waals surface area contributed by atoms with Gasteiger partial charge in [-0.3, -0.25) is 0 Å². The van der Waals surface area contributed by atoms with E-state index in [9.17, 15) is 0 Å². The molecule has 1 N–H and O–H groups in total. The third-order valence-electron chi connectivity index (χ3n) is 3.48. The van der Waals surface area contributed by atoms with Crippen molar-refractivity contribution in [2.45, 2.75) is 19.4 Å². The highest BCUT2D eigenvalue weighted by molar-refractivity contribution is 6.33. The Balaban J connectivity index is 1.79. The van der Waals surface area contributed by atoms with Crippen molar-refractivity contribution in [2.24, 2.45) is 5.92 Å². The molecule has 0 saturated carbocycles. The number of likely N-dealkylation sites (tertiary alicyclic amines) is 1. The summed E-state index contributed by atoms with van der Waals surface area (Å²) in [6, 6.07) is 5.61. The summed E-state index contributed by atoms with van der Waals surface area (Å²) in [5.41, 5.74) is 1.08. The molecule has 0 aromatic heterocycles. The fourth-order valence-electron chi connectivity index (χ4n) is 2.53. The lowest BCUT2D eigenvalue weighted by molar-refractivity contribution is 0.206. The number of halogens is 2. The van der Waals surface area contributed by atoms with Gasteiger partial charge in [-0.15, -0.1) is 0 Å². The van der Waals surface area contributed by atoms with Gasteiger partial charge in [-0.05, 0) is 62.7 Å². The average Bonchev–Trinajstić information content (AvgIpc) is 2.34. The van der Waals surface area contributed by atoms with Crippen LogP contribution < -0.4 is 5.32 Å². The smallest absolute Gasteiger partial charge is 0.0451 e. The average molecular weight is 287 g/mol. The Labute approximate surface area is 119 Å². The highest BCUT2D eigenvalue weighted by atomic mass is 35.5. The molecule has 1 fully saturated rings. The molecule has 2 nitrogen and oxygen atoms in total. The largest absolute Gasteiger partial charge is 0.312 e. The molecule has 0 bridgehead atoms. The predicted octanol–water partition coefficient (Wildman–Crippen LogP) is 3.42. The van der Waals surface area contributed by atoms with Crippen LogP contribution in [0.15, 0.2) is 18.2 Å². The van der Waals surface area contributed by atoms with E-state index in [4.69, 9.17) is 23.2 Å². The highest BCUT2D eigenvalue weighted by Crippen LogP contribution is 2.20. The molecular weight excluding hydrogens is 267 g/mol. The van der Waals surface area contributed by atoms with Gasteiger partial charge in [-0.25, -0.2) is 0 Å². The number of hydrogen-bond donors (Lipinski definition) is 1. The molecule has 0 spiro atoms. The number of rotatable bonds is 4. The maximum atomic E-state index is 6.13. The molecule has 18 heavy (non-hydrogen) atoms. The van der Waals surface area contributed by atoms with Crippen LogP contribution in [-0.2, 0) is 6.54 Å². The van der Waals surface area contributed by atoms with Crippen LogP contribution in [-0.4, -0.2) is 31.6 Å². The molecule has 100 valence electrons. The van der Waals surface area contributed by atoms with E-state index in [1.807, 2.05) is 18.2 Å². The maximum absolute atomic E-state index is 6.13. The molecular formula is C14H20Cl2N2. The summed E-state index contributed by atoms with van der Waals surface area (Å²) in [5, 5.41) is 5.02. The molecule has 1 aromatic rings. The first-order valence-electron chi connectivity index (χ1n) is 6.48. The predicted molar refractivity (Wildman–Crippen MR) is 78.4 cm³/mol. The fraction of sp³-hybridized carbons (Fsp3) is 0.571. The van der Waals surface area contributed by atoms with Gasteiger partial charge in [0.1, 0.15) is 0 Å². The lowest BCUT2D eigenvalue weighted by atomic mass is 9.98. The number of nitrogens with zero attached hydrogens (tertiary/aromatic N) is 1. The summed E-state index contributed by atoms with van der Waals surface area (Å²) in [4.78, 5) is 2.40. The molecule has 2 rings (SSSR count). The Bertz CT molecular complexity index is 395. The monoisotopic (exact) mass is 286 g/mol. The van der Waals surface area contributed by atoms with Crippen molar-refractivity contribution in [1.82, 2.24) is 10.2 Å². The molecule has 1 saturated heterocycles. The Morgan fingerprint density at radius 1 is 1.39 bits per heavy atom. The van der Waals surface area contributed by atoms with Crippen molar-refractivity contribution < 1.29 is 0 Å². The minimum absolute atomic E-state index is 0.744. The summed E-state index contributed by atoms with van der Waals surface area (Å²) >= 11 is 12.1. The number of benzene rings is 1. The van der Waals surface area contributed by atoms with Crippen molar-refractivity contribution in [3.63, 3.8) is 0 Å². The highest BCUT2D eigenvalue weighted by Gasteiger charge is 2.16. The van der Waals surface area contributed by atoms with Crippen LogP contribution in [0, 0.1) is 5.92 Å². The fourth-order valence-corrected chi connectivity index (χ4v) is 2.91. The molecule has 1 aromatic carbocycles. The number of nitrogens with one attached hydrogen (secondary N) is 1. The third-order valence-corrected chi connectivity index (χ3v) is 4.08. The second-order valence-corrected chi connectivity index (χ2v) is 5.98. The summed E-state index contributed by atoms with van der Waals surface area (Å²) in [7, 11) is 2.19. The second-order valence-electron chi connectivity index (χ2n) is 5.14. The van der Waals surface area contributed by atoms with Crippen LogP contribution in [0.2, 0.25) is 10.0 Å². The first kappa shape index (κ1) is 14.1. The van der Waals surface area contributed by atoms with Crippen LogP contribution >= 0.6 is 23.2 Å². The summed E-state index contributed by atoms with van der Waals surface area (Å²) in [6.45, 7) is 4.26. The molecule has 1 atom stereocenters. The van der Waals surface area contributed by atoms with E-state index < -0.39 is 0 Å². The van der Waals surface area contributed by atoms with E-state index >= 15 is 0 Å². The van der Waals surface area contributed by atoms with Gasteiger partial charge in [0.2, 0.25) is 0 Å². The van der Waals surface area contributed by atoms with Crippen LogP contribution in [0.5, 0.6) is 0 Å². The van der Waals surface area contributed by atoms with Crippen LogP contribution in [0.25, 0.3) is 0 Å². The van der Waals surface area contributed by atoms with E-state index in [-0.39, 0.29) is 0 Å². The van der Waals surface area contributed by atoms with Gasteiger partial charge in [0.05, 0.1) is 0 Å². The minimum Gasteiger partial charge on any atom is -0.312 e. The lowest BCUT2D eigenvalue weighted by Gasteiger charge is -2.29. The quantitative estimate of drug-likeness (QED) is 0.912. The first-order chi connectivity index (χ1) is 8.65. The standard InChI is InChI=1S/C14H20Cl2N2/c1-18-6-2-3-11(10-18)8-17-9-12-7-13(15)4-5-14(12)16/h4-5,7,11,17H,2-3,6,8-10H2,1H3. The normalized spacial score (nSPS) is 21.2. The Kier molecular flexibility index (Phi) is 5.31. The van der Waals surface area contributed by atoms with Gasteiger partial charge in [0.15, 0.2) is 0 Å².